The predicted octanol–water partition coefficient (Wildman–Crippen LogP) is 2.02. The Morgan fingerprint density at radius 3 is 2.51 bits per heavy atom. The third kappa shape index (κ3) is 4.82. The number of amides is 1. The molecule has 1 aliphatic heterocycles. The summed E-state index contributed by atoms with van der Waals surface area (Å²) < 4.78 is 3.78. The van der Waals surface area contributed by atoms with Crippen molar-refractivity contribution in [3.8, 4) is 11.3 Å². The fourth-order valence-electron chi connectivity index (χ4n) is 4.95. The summed E-state index contributed by atoms with van der Waals surface area (Å²) in [6, 6.07) is 5.47. The number of anilines is 2. The lowest BCUT2D eigenvalue weighted by Gasteiger charge is -2.31. The summed E-state index contributed by atoms with van der Waals surface area (Å²) in [7, 11) is 2.95. The molecule has 0 unspecified atom stereocenters. The Kier molecular flexibility index (Phi) is 7.02. The number of carbonyl (C=O) groups is 1. The highest BCUT2D eigenvalue weighted by Gasteiger charge is 2.33. The van der Waals surface area contributed by atoms with Gasteiger partial charge in [0.25, 0.3) is 5.56 Å². The maximum Gasteiger partial charge on any atom is 0.332 e. The van der Waals surface area contributed by atoms with Crippen LogP contribution >= 0.6 is 11.8 Å². The molecule has 4 aromatic heterocycles. The summed E-state index contributed by atoms with van der Waals surface area (Å²) in [6.07, 6.45) is 9.05. The summed E-state index contributed by atoms with van der Waals surface area (Å²) in [5.41, 5.74) is 0.865. The van der Waals surface area contributed by atoms with Gasteiger partial charge in [0.05, 0.1) is 17.9 Å². The fraction of sp³-hybridized carbons (Fsp3) is 0.423. The molecule has 39 heavy (non-hydrogen) atoms. The van der Waals surface area contributed by atoms with Crippen molar-refractivity contribution in [2.24, 2.45) is 14.1 Å². The zero-order valence-corrected chi connectivity index (χ0v) is 23.5. The lowest BCUT2D eigenvalue weighted by molar-refractivity contribution is -0.118. The Hall–Kier alpha value is -4.00. The van der Waals surface area contributed by atoms with E-state index in [0.717, 1.165) is 29.5 Å². The first-order valence-corrected chi connectivity index (χ1v) is 14.0. The minimum atomic E-state index is -0.504. The number of rotatable bonds is 7. The van der Waals surface area contributed by atoms with Crippen molar-refractivity contribution in [3.05, 3.63) is 57.8 Å². The molecule has 12 nitrogen and oxygen atoms in total. The molecule has 0 spiro atoms. The van der Waals surface area contributed by atoms with Crippen LogP contribution < -0.4 is 21.0 Å². The van der Waals surface area contributed by atoms with Gasteiger partial charge in [-0.15, -0.1) is 11.8 Å². The van der Waals surface area contributed by atoms with Gasteiger partial charge in [0.1, 0.15) is 12.4 Å². The van der Waals surface area contributed by atoms with E-state index in [-0.39, 0.29) is 29.2 Å². The van der Waals surface area contributed by atoms with E-state index in [2.05, 4.69) is 33.7 Å². The van der Waals surface area contributed by atoms with Crippen LogP contribution in [0.25, 0.3) is 22.4 Å². The third-order valence-corrected chi connectivity index (χ3v) is 7.69. The number of hydrogen-bond acceptors (Lipinski definition) is 9. The molecule has 0 radical (unpaired) electrons. The van der Waals surface area contributed by atoms with Crippen molar-refractivity contribution in [1.82, 2.24) is 33.6 Å². The van der Waals surface area contributed by atoms with Gasteiger partial charge < -0.3 is 9.47 Å². The van der Waals surface area contributed by atoms with E-state index in [4.69, 9.17) is 4.98 Å². The van der Waals surface area contributed by atoms with Crippen LogP contribution in [0.5, 0.6) is 0 Å². The zero-order valence-electron chi connectivity index (χ0n) is 22.7. The Bertz CT molecular complexity index is 1660. The van der Waals surface area contributed by atoms with Gasteiger partial charge in [-0.25, -0.2) is 24.7 Å². The Morgan fingerprint density at radius 2 is 1.85 bits per heavy atom. The number of aryl methyl sites for hydroxylation is 1. The summed E-state index contributed by atoms with van der Waals surface area (Å²) >= 11 is 1.48. The molecule has 1 aliphatic rings. The molecule has 5 heterocycles. The Morgan fingerprint density at radius 1 is 1.10 bits per heavy atom. The summed E-state index contributed by atoms with van der Waals surface area (Å²) in [4.78, 5) is 60.5. The van der Waals surface area contributed by atoms with Gasteiger partial charge in [0, 0.05) is 44.1 Å². The molecule has 13 heteroatoms. The predicted molar refractivity (Wildman–Crippen MR) is 152 cm³/mol. The molecule has 0 N–H and O–H groups in total. The van der Waals surface area contributed by atoms with E-state index >= 15 is 0 Å². The molecule has 0 saturated carbocycles. The van der Waals surface area contributed by atoms with Crippen molar-refractivity contribution in [2.45, 2.75) is 38.8 Å². The molecule has 1 saturated heterocycles. The molecule has 1 amide bonds. The number of imidazole rings is 1. The second-order valence-electron chi connectivity index (χ2n) is 10.2. The molecular formula is C26H31N9O3S. The van der Waals surface area contributed by atoms with Gasteiger partial charge in [-0.1, -0.05) is 6.07 Å². The first-order chi connectivity index (χ1) is 18.6. The largest absolute Gasteiger partial charge is 0.336 e. The second-order valence-corrected chi connectivity index (χ2v) is 11.0. The summed E-state index contributed by atoms with van der Waals surface area (Å²) in [5.74, 6) is 1.26. The molecule has 0 atom stereocenters. The number of aromatic nitrogens is 7. The Balaban J connectivity index is 1.42. The number of hydrogen-bond donors (Lipinski definition) is 0. The number of fused-ring (bicyclic) bond motifs is 1. The van der Waals surface area contributed by atoms with Gasteiger partial charge in [-0.2, -0.15) is 0 Å². The van der Waals surface area contributed by atoms with E-state index in [1.54, 1.807) is 30.4 Å². The van der Waals surface area contributed by atoms with Gasteiger partial charge in [0.15, 0.2) is 11.2 Å². The molecule has 4 aromatic rings. The Labute approximate surface area is 229 Å². The summed E-state index contributed by atoms with van der Waals surface area (Å²) in [6.45, 7) is 5.19. The van der Waals surface area contributed by atoms with Gasteiger partial charge in [0.2, 0.25) is 11.9 Å². The smallest absolute Gasteiger partial charge is 0.332 e. The van der Waals surface area contributed by atoms with E-state index in [0.29, 0.717) is 23.3 Å². The number of carbonyl (C=O) groups excluding carboxylic acids is 1. The van der Waals surface area contributed by atoms with Crippen LogP contribution in [-0.4, -0.2) is 63.8 Å². The monoisotopic (exact) mass is 549 g/mol. The summed E-state index contributed by atoms with van der Waals surface area (Å²) in [5, 5.41) is 0. The zero-order chi connectivity index (χ0) is 27.9. The molecule has 1 fully saturated rings. The van der Waals surface area contributed by atoms with E-state index < -0.39 is 11.2 Å². The van der Waals surface area contributed by atoms with E-state index in [9.17, 15) is 14.4 Å². The second kappa shape index (κ2) is 10.3. The lowest BCUT2D eigenvalue weighted by Crippen LogP contribution is -2.39. The van der Waals surface area contributed by atoms with Gasteiger partial charge in [-0.05, 0) is 45.1 Å². The lowest BCUT2D eigenvalue weighted by atomic mass is 10.0. The number of thioether (sulfide) groups is 1. The van der Waals surface area contributed by atoms with Crippen LogP contribution in [0.3, 0.4) is 0 Å². The normalized spacial score (nSPS) is 14.7. The maximum atomic E-state index is 13.5. The highest BCUT2D eigenvalue weighted by atomic mass is 32.2. The van der Waals surface area contributed by atoms with Gasteiger partial charge >= 0.3 is 5.69 Å². The molecule has 204 valence electrons. The van der Waals surface area contributed by atoms with Crippen molar-refractivity contribution in [1.29, 1.82) is 0 Å². The molecule has 5 rings (SSSR count). The first kappa shape index (κ1) is 26.6. The average Bonchev–Trinajstić information content (AvgIpc) is 3.51. The maximum absolute atomic E-state index is 13.5. The minimum Gasteiger partial charge on any atom is -0.336 e. The average molecular weight is 550 g/mol. The van der Waals surface area contributed by atoms with Crippen LogP contribution in [0.4, 0.5) is 11.8 Å². The highest BCUT2D eigenvalue weighted by Crippen LogP contribution is 2.31. The van der Waals surface area contributed by atoms with Crippen molar-refractivity contribution >= 4 is 40.6 Å². The van der Waals surface area contributed by atoms with Gasteiger partial charge in [-0.3, -0.25) is 23.6 Å². The molecule has 0 aliphatic carbocycles. The first-order valence-electron chi connectivity index (χ1n) is 12.6. The highest BCUT2D eigenvalue weighted by molar-refractivity contribution is 7.98. The standard InChI is InChI=1S/C26H31N9O3S/c1-26(2)10-7-11-35(26)24-27-12-17(13-28-24)18-8-6-9-19(30-18)34(16-39-5)20(36)14-33-15-29-22-21(33)23(37)32(4)25(38)31(22)3/h6,8-9,12-13,15H,7,10-11,14,16H2,1-5H3. The van der Waals surface area contributed by atoms with E-state index in [1.165, 1.54) is 34.3 Å². The van der Waals surface area contributed by atoms with Crippen LogP contribution in [-0.2, 0) is 25.4 Å². The van der Waals surface area contributed by atoms with Crippen molar-refractivity contribution < 1.29 is 4.79 Å². The fourth-order valence-corrected chi connectivity index (χ4v) is 5.48. The van der Waals surface area contributed by atoms with Crippen LogP contribution in [0.2, 0.25) is 0 Å². The number of nitrogens with zero attached hydrogens (tertiary/aromatic N) is 9. The molecule has 0 aromatic carbocycles. The molecule has 0 bridgehead atoms. The number of pyridine rings is 1. The molecular weight excluding hydrogens is 518 g/mol. The third-order valence-electron chi connectivity index (χ3n) is 7.17. The van der Waals surface area contributed by atoms with Crippen molar-refractivity contribution in [3.63, 3.8) is 0 Å². The SMILES string of the molecule is CSCN(C(=O)Cn1cnc2c1c(=O)n(C)c(=O)n2C)c1cccc(-c2cnc(N3CCCC3(C)C)nc2)n1. The minimum absolute atomic E-state index is 0.0256. The topological polar surface area (TPSA) is 124 Å². The van der Waals surface area contributed by atoms with Crippen LogP contribution in [0.1, 0.15) is 26.7 Å². The van der Waals surface area contributed by atoms with E-state index in [1.807, 2.05) is 18.4 Å². The van der Waals surface area contributed by atoms with Crippen LogP contribution in [0, 0.1) is 0 Å². The quantitative estimate of drug-likeness (QED) is 0.319. The van der Waals surface area contributed by atoms with Crippen molar-refractivity contribution in [2.75, 3.05) is 28.5 Å². The van der Waals surface area contributed by atoms with Crippen LogP contribution in [0.15, 0.2) is 46.5 Å².